The lowest BCUT2D eigenvalue weighted by molar-refractivity contribution is -0.132. The van der Waals surface area contributed by atoms with Gasteiger partial charge in [0.15, 0.2) is 9.84 Å². The first-order chi connectivity index (χ1) is 18.9. The second-order valence-electron chi connectivity index (χ2n) is 10.3. The van der Waals surface area contributed by atoms with Gasteiger partial charge in [-0.2, -0.15) is 0 Å². The summed E-state index contributed by atoms with van der Waals surface area (Å²) in [5, 5.41) is 3.36. The fourth-order valence-corrected chi connectivity index (χ4v) is 7.26. The number of aromatic amines is 1. The van der Waals surface area contributed by atoms with Crippen molar-refractivity contribution >= 4 is 62.2 Å². The van der Waals surface area contributed by atoms with Crippen molar-refractivity contribution in [2.24, 2.45) is 0 Å². The SMILES string of the molecule is Cc1[nH]c(C=C2C(=O)Nc3ccc(S(=O)(=O)Cc4c(Cl)cccc4Cl)cc32)c(C)c1CC(=O)N1CCN(C)CC1. The standard InChI is InChI=1S/C29H30Cl2N4O4S/c1-17-20(15-28(36)35-11-9-34(3)10-12-35)18(2)32-27(17)14-22-21-13-19(7-8-26(21)33-29(22)37)40(38,39)16-23-24(30)5-4-6-25(23)31/h4-8,13-14,32H,9-12,15-16H2,1-3H3,(H,33,37). The van der Waals surface area contributed by atoms with Gasteiger partial charge in [0.1, 0.15) is 0 Å². The van der Waals surface area contributed by atoms with Crippen LogP contribution >= 0.6 is 23.2 Å². The number of anilines is 1. The molecule has 3 aromatic rings. The number of benzene rings is 2. The Morgan fingerprint density at radius 1 is 1.02 bits per heavy atom. The molecule has 3 heterocycles. The van der Waals surface area contributed by atoms with Gasteiger partial charge >= 0.3 is 0 Å². The molecule has 11 heteroatoms. The number of aryl methyl sites for hydroxylation is 1. The molecule has 0 saturated carbocycles. The lowest BCUT2D eigenvalue weighted by atomic mass is 10.0. The molecule has 0 unspecified atom stereocenters. The van der Waals surface area contributed by atoms with E-state index in [0.29, 0.717) is 41.2 Å². The first kappa shape index (κ1) is 28.4. The maximum absolute atomic E-state index is 13.3. The van der Waals surface area contributed by atoms with Crippen LogP contribution in [0.4, 0.5) is 5.69 Å². The van der Waals surface area contributed by atoms with Crippen LogP contribution in [0.15, 0.2) is 41.3 Å². The van der Waals surface area contributed by atoms with E-state index in [1.807, 2.05) is 25.8 Å². The molecule has 2 aliphatic heterocycles. The summed E-state index contributed by atoms with van der Waals surface area (Å²) in [5.74, 6) is -0.625. The normalized spacial score (nSPS) is 16.9. The van der Waals surface area contributed by atoms with Crippen molar-refractivity contribution in [1.82, 2.24) is 14.8 Å². The molecule has 2 N–H and O–H groups in total. The van der Waals surface area contributed by atoms with Crippen LogP contribution in [0.25, 0.3) is 11.6 Å². The van der Waals surface area contributed by atoms with E-state index >= 15 is 0 Å². The average molecular weight is 602 g/mol. The van der Waals surface area contributed by atoms with Crippen LogP contribution < -0.4 is 5.32 Å². The number of hydrogen-bond acceptors (Lipinski definition) is 5. The third-order valence-electron chi connectivity index (χ3n) is 7.63. The zero-order chi connectivity index (χ0) is 28.8. The first-order valence-corrected chi connectivity index (χ1v) is 15.3. The fourth-order valence-electron chi connectivity index (χ4n) is 5.14. The van der Waals surface area contributed by atoms with Crippen LogP contribution in [0.1, 0.15) is 33.6 Å². The summed E-state index contributed by atoms with van der Waals surface area (Å²) in [4.78, 5) is 33.4. The highest BCUT2D eigenvalue weighted by molar-refractivity contribution is 7.90. The number of halogens is 2. The number of likely N-dealkylation sites (N-methyl/N-ethyl adjacent to an activating group) is 1. The van der Waals surface area contributed by atoms with Gasteiger partial charge in [0.25, 0.3) is 5.91 Å². The van der Waals surface area contributed by atoms with Crippen molar-refractivity contribution in [3.8, 4) is 0 Å². The Balaban J connectivity index is 1.44. The number of fused-ring (bicyclic) bond motifs is 1. The molecule has 1 aromatic heterocycles. The van der Waals surface area contributed by atoms with Crippen molar-refractivity contribution in [1.29, 1.82) is 0 Å². The predicted octanol–water partition coefficient (Wildman–Crippen LogP) is 4.72. The van der Waals surface area contributed by atoms with Gasteiger partial charge in [-0.05, 0) is 68.4 Å². The third kappa shape index (κ3) is 5.56. The summed E-state index contributed by atoms with van der Waals surface area (Å²) in [6.45, 7) is 6.95. The van der Waals surface area contributed by atoms with E-state index in [4.69, 9.17) is 23.2 Å². The molecular weight excluding hydrogens is 571 g/mol. The summed E-state index contributed by atoms with van der Waals surface area (Å²) in [5.41, 5.74) is 5.02. The van der Waals surface area contributed by atoms with Crippen LogP contribution in [-0.4, -0.2) is 68.2 Å². The fraction of sp³-hybridized carbons (Fsp3) is 0.310. The lowest BCUT2D eigenvalue weighted by Gasteiger charge is -2.32. The summed E-state index contributed by atoms with van der Waals surface area (Å²) in [6.07, 6.45) is 1.99. The minimum Gasteiger partial charge on any atom is -0.359 e. The average Bonchev–Trinajstić information content (AvgIpc) is 3.36. The number of carbonyl (C=O) groups excluding carboxylic acids is 2. The van der Waals surface area contributed by atoms with E-state index in [-0.39, 0.29) is 38.9 Å². The van der Waals surface area contributed by atoms with Crippen LogP contribution in [0.3, 0.4) is 0 Å². The molecule has 2 amide bonds. The van der Waals surface area contributed by atoms with Gasteiger partial charge in [-0.1, -0.05) is 29.3 Å². The molecule has 40 heavy (non-hydrogen) atoms. The maximum Gasteiger partial charge on any atom is 0.256 e. The number of carbonyl (C=O) groups is 2. The van der Waals surface area contributed by atoms with E-state index in [0.717, 1.165) is 29.9 Å². The number of hydrogen-bond donors (Lipinski definition) is 2. The largest absolute Gasteiger partial charge is 0.359 e. The smallest absolute Gasteiger partial charge is 0.256 e. The number of piperazine rings is 1. The van der Waals surface area contributed by atoms with Crippen molar-refractivity contribution in [3.63, 3.8) is 0 Å². The Morgan fingerprint density at radius 2 is 1.70 bits per heavy atom. The minimum atomic E-state index is -3.82. The molecule has 2 aromatic carbocycles. The zero-order valence-corrected chi connectivity index (χ0v) is 24.8. The maximum atomic E-state index is 13.3. The highest BCUT2D eigenvalue weighted by Crippen LogP contribution is 2.37. The van der Waals surface area contributed by atoms with Crippen molar-refractivity contribution in [3.05, 3.63) is 80.1 Å². The molecule has 0 atom stereocenters. The second-order valence-corrected chi connectivity index (χ2v) is 13.1. The molecule has 0 aliphatic carbocycles. The number of H-pyrrole nitrogens is 1. The van der Waals surface area contributed by atoms with Gasteiger partial charge in [0, 0.05) is 64.4 Å². The highest BCUT2D eigenvalue weighted by atomic mass is 35.5. The van der Waals surface area contributed by atoms with Gasteiger partial charge in [0.2, 0.25) is 5.91 Å². The van der Waals surface area contributed by atoms with Gasteiger partial charge in [-0.25, -0.2) is 8.42 Å². The van der Waals surface area contributed by atoms with E-state index in [1.165, 1.54) is 12.1 Å². The zero-order valence-electron chi connectivity index (χ0n) is 22.5. The summed E-state index contributed by atoms with van der Waals surface area (Å²) in [7, 11) is -1.77. The lowest BCUT2D eigenvalue weighted by Crippen LogP contribution is -2.47. The Bertz CT molecular complexity index is 1630. The third-order valence-corrected chi connectivity index (χ3v) is 9.98. The van der Waals surface area contributed by atoms with Crippen molar-refractivity contribution in [2.45, 2.75) is 30.9 Å². The number of aromatic nitrogens is 1. The Kier molecular flexibility index (Phi) is 7.85. The van der Waals surface area contributed by atoms with E-state index in [2.05, 4.69) is 15.2 Å². The molecular formula is C29H30Cl2N4O4S. The molecule has 0 spiro atoms. The second kappa shape index (κ2) is 11.0. The quantitative estimate of drug-likeness (QED) is 0.398. The van der Waals surface area contributed by atoms with E-state index < -0.39 is 9.84 Å². The van der Waals surface area contributed by atoms with Crippen molar-refractivity contribution < 1.29 is 18.0 Å². The summed E-state index contributed by atoms with van der Waals surface area (Å²) < 4.78 is 26.6. The number of rotatable bonds is 6. The molecule has 0 radical (unpaired) electrons. The van der Waals surface area contributed by atoms with Crippen LogP contribution in [-0.2, 0) is 31.6 Å². The molecule has 0 bridgehead atoms. The Morgan fingerprint density at radius 3 is 2.38 bits per heavy atom. The summed E-state index contributed by atoms with van der Waals surface area (Å²) >= 11 is 12.4. The minimum absolute atomic E-state index is 0.0579. The number of sulfone groups is 1. The first-order valence-electron chi connectivity index (χ1n) is 12.9. The topological polar surface area (TPSA) is 103 Å². The van der Waals surface area contributed by atoms with Crippen LogP contribution in [0.5, 0.6) is 0 Å². The Hall–Kier alpha value is -3.11. The molecule has 1 fully saturated rings. The predicted molar refractivity (Wildman–Crippen MR) is 158 cm³/mol. The number of amides is 2. The van der Waals surface area contributed by atoms with Gasteiger partial charge < -0.3 is 20.1 Å². The van der Waals surface area contributed by atoms with E-state index in [1.54, 1.807) is 30.3 Å². The molecule has 1 saturated heterocycles. The molecule has 2 aliphatic rings. The number of nitrogens with one attached hydrogen (secondary N) is 2. The summed E-state index contributed by atoms with van der Waals surface area (Å²) in [6, 6.07) is 9.40. The molecule has 8 nitrogen and oxygen atoms in total. The van der Waals surface area contributed by atoms with Gasteiger partial charge in [-0.3, -0.25) is 9.59 Å². The van der Waals surface area contributed by atoms with E-state index in [9.17, 15) is 18.0 Å². The van der Waals surface area contributed by atoms with Crippen LogP contribution in [0.2, 0.25) is 10.0 Å². The number of nitrogens with zero attached hydrogens (tertiary/aromatic N) is 2. The van der Waals surface area contributed by atoms with Crippen LogP contribution in [0, 0.1) is 13.8 Å². The Labute approximate surface area is 243 Å². The van der Waals surface area contributed by atoms with Gasteiger partial charge in [0.05, 0.1) is 22.6 Å². The van der Waals surface area contributed by atoms with Gasteiger partial charge in [-0.15, -0.1) is 0 Å². The highest BCUT2D eigenvalue weighted by Gasteiger charge is 2.29. The molecule has 210 valence electrons. The van der Waals surface area contributed by atoms with Crippen molar-refractivity contribution in [2.75, 3.05) is 38.5 Å². The molecule has 5 rings (SSSR count). The monoisotopic (exact) mass is 600 g/mol.